The van der Waals surface area contributed by atoms with Gasteiger partial charge in [0, 0.05) is 49.0 Å². The second-order valence-corrected chi connectivity index (χ2v) is 11.2. The third-order valence-corrected chi connectivity index (χ3v) is 8.26. The van der Waals surface area contributed by atoms with Crippen molar-refractivity contribution in [1.82, 2.24) is 30.6 Å². The SMILES string of the molecule is CNC(Oc1ccccc1-c1cc([C@H]2CCCO2)c(N)nn1)C(=O)N1CCN(c2cc(-c3ccccc3O)nnc2N)CC1C. The van der Waals surface area contributed by atoms with Gasteiger partial charge < -0.3 is 35.8 Å². The summed E-state index contributed by atoms with van der Waals surface area (Å²) in [5.74, 6) is 1.03. The fourth-order valence-corrected chi connectivity index (χ4v) is 5.89. The van der Waals surface area contributed by atoms with E-state index in [2.05, 4.69) is 30.6 Å². The molecule has 13 nitrogen and oxygen atoms in total. The van der Waals surface area contributed by atoms with E-state index in [4.69, 9.17) is 20.9 Å². The van der Waals surface area contributed by atoms with Crippen LogP contribution in [-0.2, 0) is 9.53 Å². The minimum absolute atomic E-state index is 0.109. The Morgan fingerprint density at radius 3 is 2.42 bits per heavy atom. The molecule has 4 aromatic rings. The van der Waals surface area contributed by atoms with E-state index in [1.54, 1.807) is 36.2 Å². The van der Waals surface area contributed by atoms with Crippen LogP contribution in [0.2, 0.25) is 0 Å². The number of anilines is 3. The van der Waals surface area contributed by atoms with Gasteiger partial charge in [0.2, 0.25) is 6.23 Å². The average molecular weight is 612 g/mol. The normalized spacial score (nSPS) is 19.0. The second-order valence-electron chi connectivity index (χ2n) is 11.2. The van der Waals surface area contributed by atoms with Gasteiger partial charge in [-0.2, -0.15) is 0 Å². The Bertz CT molecular complexity index is 1680. The molecule has 2 aromatic carbocycles. The molecule has 0 aliphatic carbocycles. The summed E-state index contributed by atoms with van der Waals surface area (Å²) in [4.78, 5) is 17.7. The number of para-hydroxylation sites is 2. The molecule has 2 aromatic heterocycles. The molecule has 13 heteroatoms. The highest BCUT2D eigenvalue weighted by molar-refractivity contribution is 5.82. The topological polar surface area (TPSA) is 178 Å². The van der Waals surface area contributed by atoms with Gasteiger partial charge in [-0.25, -0.2) is 0 Å². The lowest BCUT2D eigenvalue weighted by molar-refractivity contribution is -0.142. The van der Waals surface area contributed by atoms with Crippen molar-refractivity contribution >= 4 is 23.2 Å². The molecule has 2 fully saturated rings. The number of ether oxygens (including phenoxy) is 2. The molecule has 234 valence electrons. The number of nitrogens with two attached hydrogens (primary N) is 2. The van der Waals surface area contributed by atoms with E-state index >= 15 is 0 Å². The average Bonchev–Trinajstić information content (AvgIpc) is 3.59. The van der Waals surface area contributed by atoms with Crippen LogP contribution in [0.15, 0.2) is 60.7 Å². The van der Waals surface area contributed by atoms with Crippen molar-refractivity contribution in [1.29, 1.82) is 0 Å². The molecule has 2 unspecified atom stereocenters. The Balaban J connectivity index is 1.18. The summed E-state index contributed by atoms with van der Waals surface area (Å²) in [5, 5.41) is 30.2. The number of amides is 1. The largest absolute Gasteiger partial charge is 0.507 e. The molecular formula is C32H37N9O4. The maximum atomic E-state index is 13.8. The quantitative estimate of drug-likeness (QED) is 0.215. The van der Waals surface area contributed by atoms with Crippen molar-refractivity contribution in [2.75, 3.05) is 49.7 Å². The molecule has 2 aliphatic rings. The number of phenolic OH excluding ortho intramolecular Hbond substituents is 1. The van der Waals surface area contributed by atoms with Crippen molar-refractivity contribution < 1.29 is 19.4 Å². The van der Waals surface area contributed by atoms with Crippen LogP contribution in [0.1, 0.15) is 31.4 Å². The molecule has 6 rings (SSSR count). The molecule has 2 aliphatic heterocycles. The molecule has 4 heterocycles. The highest BCUT2D eigenvalue weighted by Gasteiger charge is 2.34. The lowest BCUT2D eigenvalue weighted by Gasteiger charge is -2.42. The van der Waals surface area contributed by atoms with E-state index in [-0.39, 0.29) is 29.6 Å². The van der Waals surface area contributed by atoms with Crippen LogP contribution >= 0.6 is 0 Å². The van der Waals surface area contributed by atoms with Crippen LogP contribution < -0.4 is 26.4 Å². The minimum atomic E-state index is -0.945. The number of aromatic nitrogens is 4. The van der Waals surface area contributed by atoms with E-state index in [0.29, 0.717) is 66.0 Å². The van der Waals surface area contributed by atoms with E-state index in [0.717, 1.165) is 18.4 Å². The lowest BCUT2D eigenvalue weighted by atomic mass is 10.0. The Kier molecular flexibility index (Phi) is 8.62. The number of rotatable bonds is 8. The minimum Gasteiger partial charge on any atom is -0.507 e. The summed E-state index contributed by atoms with van der Waals surface area (Å²) >= 11 is 0. The number of nitrogens with one attached hydrogen (secondary N) is 1. The fraction of sp³-hybridized carbons (Fsp3) is 0.344. The molecule has 45 heavy (non-hydrogen) atoms. The number of carbonyl (C=O) groups excluding carboxylic acids is 1. The molecule has 2 saturated heterocycles. The van der Waals surface area contributed by atoms with Crippen LogP contribution in [0.5, 0.6) is 11.5 Å². The van der Waals surface area contributed by atoms with E-state index in [1.807, 2.05) is 43.3 Å². The number of hydrogen-bond acceptors (Lipinski definition) is 12. The van der Waals surface area contributed by atoms with Crippen LogP contribution in [0.3, 0.4) is 0 Å². The summed E-state index contributed by atoms with van der Waals surface area (Å²) in [6.07, 6.45) is 0.776. The van der Waals surface area contributed by atoms with Gasteiger partial charge in [0.1, 0.15) is 11.5 Å². The molecule has 6 N–H and O–H groups in total. The van der Waals surface area contributed by atoms with Gasteiger partial charge in [-0.05, 0) is 63.2 Å². The molecule has 1 amide bonds. The van der Waals surface area contributed by atoms with Crippen LogP contribution in [0.4, 0.5) is 17.3 Å². The molecule has 0 bridgehead atoms. The summed E-state index contributed by atoms with van der Waals surface area (Å²) < 4.78 is 12.1. The van der Waals surface area contributed by atoms with Crippen molar-refractivity contribution in [3.63, 3.8) is 0 Å². The van der Waals surface area contributed by atoms with Crippen molar-refractivity contribution in [2.45, 2.75) is 38.1 Å². The Morgan fingerprint density at radius 1 is 1.00 bits per heavy atom. The standard InChI is InChI=1S/C32H37N9O4/c1-19-18-40(25-17-24(37-39-30(25)34)20-8-3-5-10-26(20)42)13-14-41(19)32(43)31(35-2)45-28-11-6-4-9-21(28)23-16-22(29(33)38-36-23)27-12-7-15-44-27/h3-6,8-11,16-17,19,27,31,35,42H,7,12-15,18H2,1-2H3,(H2,33,38)(H2,34,39)/t19?,27-,31?/m1/s1. The zero-order valence-electron chi connectivity index (χ0n) is 25.3. The third-order valence-electron chi connectivity index (χ3n) is 8.26. The number of nitrogen functional groups attached to an aromatic ring is 2. The zero-order chi connectivity index (χ0) is 31.5. The molecule has 0 radical (unpaired) electrons. The number of phenols is 1. The summed E-state index contributed by atoms with van der Waals surface area (Å²) in [5.41, 5.74) is 16.2. The van der Waals surface area contributed by atoms with Gasteiger partial charge in [-0.1, -0.05) is 24.3 Å². The number of piperazine rings is 1. The second kappa shape index (κ2) is 12.9. The predicted molar refractivity (Wildman–Crippen MR) is 170 cm³/mol. The number of hydrogen-bond donors (Lipinski definition) is 4. The summed E-state index contributed by atoms with van der Waals surface area (Å²) in [6.45, 7) is 4.14. The van der Waals surface area contributed by atoms with Gasteiger partial charge in [0.25, 0.3) is 5.91 Å². The Labute approximate surface area is 261 Å². The van der Waals surface area contributed by atoms with Gasteiger partial charge in [-0.3, -0.25) is 10.1 Å². The van der Waals surface area contributed by atoms with E-state index in [9.17, 15) is 9.90 Å². The van der Waals surface area contributed by atoms with Gasteiger partial charge in [0.15, 0.2) is 11.6 Å². The van der Waals surface area contributed by atoms with Crippen molar-refractivity contribution in [3.8, 4) is 34.0 Å². The van der Waals surface area contributed by atoms with Gasteiger partial charge in [0.05, 0.1) is 23.2 Å². The highest BCUT2D eigenvalue weighted by Crippen LogP contribution is 2.36. The monoisotopic (exact) mass is 611 g/mol. The van der Waals surface area contributed by atoms with Crippen LogP contribution in [0.25, 0.3) is 22.5 Å². The maximum Gasteiger partial charge on any atom is 0.279 e. The number of benzene rings is 2. The maximum absolute atomic E-state index is 13.8. The first-order valence-corrected chi connectivity index (χ1v) is 15.0. The Hall–Kier alpha value is -5.01. The zero-order valence-corrected chi connectivity index (χ0v) is 25.3. The molecule has 3 atom stereocenters. The van der Waals surface area contributed by atoms with Crippen molar-refractivity contribution in [3.05, 3.63) is 66.2 Å². The first-order chi connectivity index (χ1) is 21.8. The predicted octanol–water partition coefficient (Wildman–Crippen LogP) is 2.98. The fourth-order valence-electron chi connectivity index (χ4n) is 5.89. The van der Waals surface area contributed by atoms with E-state index in [1.165, 1.54) is 0 Å². The Morgan fingerprint density at radius 2 is 1.71 bits per heavy atom. The van der Waals surface area contributed by atoms with Crippen molar-refractivity contribution in [2.24, 2.45) is 0 Å². The number of likely N-dealkylation sites (N-methyl/N-ethyl adjacent to an activating group) is 1. The molecule has 0 saturated carbocycles. The number of nitrogens with zero attached hydrogens (tertiary/aromatic N) is 6. The third kappa shape index (κ3) is 6.17. The molecule has 0 spiro atoms. The van der Waals surface area contributed by atoms with E-state index < -0.39 is 6.23 Å². The first kappa shape index (κ1) is 30.0. The van der Waals surface area contributed by atoms with Gasteiger partial charge in [-0.15, -0.1) is 20.4 Å². The lowest BCUT2D eigenvalue weighted by Crippen LogP contribution is -2.59. The first-order valence-electron chi connectivity index (χ1n) is 15.0. The van der Waals surface area contributed by atoms with Gasteiger partial charge >= 0.3 is 0 Å². The number of aromatic hydroxyl groups is 1. The van der Waals surface area contributed by atoms with Crippen LogP contribution in [0, 0.1) is 0 Å². The number of carbonyl (C=O) groups is 1. The summed E-state index contributed by atoms with van der Waals surface area (Å²) in [6, 6.07) is 17.9. The smallest absolute Gasteiger partial charge is 0.279 e. The highest BCUT2D eigenvalue weighted by atomic mass is 16.5. The van der Waals surface area contributed by atoms with Crippen LogP contribution in [-0.4, -0.2) is 81.9 Å². The molecular weight excluding hydrogens is 574 g/mol. The summed E-state index contributed by atoms with van der Waals surface area (Å²) in [7, 11) is 1.69.